The number of benzene rings is 1. The van der Waals surface area contributed by atoms with Crippen LogP contribution in [0.2, 0.25) is 0 Å². The van der Waals surface area contributed by atoms with Crippen molar-refractivity contribution in [2.45, 2.75) is 32.6 Å². The molecule has 0 heterocycles. The maximum absolute atomic E-state index is 8.38. The van der Waals surface area contributed by atoms with Gasteiger partial charge < -0.3 is 15.7 Å². The molecule has 1 aromatic rings. The second-order valence-electron chi connectivity index (χ2n) is 4.64. The average molecular weight is 236 g/mol. The Morgan fingerprint density at radius 3 is 2.41 bits per heavy atom. The molecule has 0 amide bonds. The zero-order valence-electron chi connectivity index (χ0n) is 10.6. The van der Waals surface area contributed by atoms with E-state index in [1.54, 1.807) is 0 Å². The lowest BCUT2D eigenvalue weighted by atomic mass is 9.82. The minimum atomic E-state index is 0.0583. The largest absolute Gasteiger partial charge is 0.486 e. The number of oxime groups is 1. The minimum absolute atomic E-state index is 0.0583. The quantitative estimate of drug-likeness (QED) is 0.357. The smallest absolute Gasteiger partial charge is 0.177 e. The van der Waals surface area contributed by atoms with Crippen LogP contribution in [0.15, 0.2) is 29.4 Å². The third-order valence-electron chi connectivity index (χ3n) is 3.03. The fraction of sp³-hybridized carbons (Fsp3) is 0.462. The van der Waals surface area contributed by atoms with Crippen LogP contribution >= 0.6 is 0 Å². The van der Waals surface area contributed by atoms with Gasteiger partial charge in [-0.15, -0.1) is 0 Å². The molecule has 0 bridgehead atoms. The van der Waals surface area contributed by atoms with E-state index >= 15 is 0 Å². The van der Waals surface area contributed by atoms with E-state index in [-0.39, 0.29) is 17.9 Å². The molecule has 0 aliphatic carbocycles. The maximum atomic E-state index is 8.38. The Kier molecular flexibility index (Phi) is 4.37. The summed E-state index contributed by atoms with van der Waals surface area (Å²) in [5.74, 6) is 0.773. The average Bonchev–Trinajstić information content (AvgIpc) is 2.36. The lowest BCUT2D eigenvalue weighted by Gasteiger charge is -2.23. The van der Waals surface area contributed by atoms with Gasteiger partial charge in [0.2, 0.25) is 0 Å². The van der Waals surface area contributed by atoms with Crippen molar-refractivity contribution >= 4 is 5.84 Å². The number of hydrogen-bond acceptors (Lipinski definition) is 3. The van der Waals surface area contributed by atoms with E-state index in [0.717, 1.165) is 6.42 Å². The molecule has 94 valence electrons. The van der Waals surface area contributed by atoms with Gasteiger partial charge in [-0.25, -0.2) is 0 Å². The van der Waals surface area contributed by atoms with Gasteiger partial charge >= 0.3 is 0 Å². The monoisotopic (exact) mass is 236 g/mol. The lowest BCUT2D eigenvalue weighted by molar-refractivity contribution is 0.306. The molecular weight excluding hydrogens is 216 g/mol. The molecular formula is C13H20N2O2. The van der Waals surface area contributed by atoms with E-state index in [1.807, 2.05) is 24.3 Å². The van der Waals surface area contributed by atoms with Crippen molar-refractivity contribution in [1.82, 2.24) is 0 Å². The van der Waals surface area contributed by atoms with Crippen LogP contribution in [-0.4, -0.2) is 17.6 Å². The third kappa shape index (κ3) is 3.66. The molecule has 1 aromatic carbocycles. The predicted octanol–water partition coefficient (Wildman–Crippen LogP) is 2.50. The first-order chi connectivity index (χ1) is 7.99. The summed E-state index contributed by atoms with van der Waals surface area (Å²) in [6.07, 6.45) is 1.08. The summed E-state index contributed by atoms with van der Waals surface area (Å²) in [6, 6.07) is 7.89. The van der Waals surface area contributed by atoms with Crippen LogP contribution in [0.25, 0.3) is 0 Å². The van der Waals surface area contributed by atoms with Crippen molar-refractivity contribution in [2.75, 3.05) is 6.61 Å². The number of rotatable bonds is 5. The molecule has 0 spiro atoms. The van der Waals surface area contributed by atoms with Crippen molar-refractivity contribution < 1.29 is 9.94 Å². The molecule has 4 heteroatoms. The number of amidine groups is 1. The van der Waals surface area contributed by atoms with Gasteiger partial charge in [-0.1, -0.05) is 38.1 Å². The summed E-state index contributed by atoms with van der Waals surface area (Å²) < 4.78 is 5.34. The highest BCUT2D eigenvalue weighted by Gasteiger charge is 2.17. The van der Waals surface area contributed by atoms with Crippen molar-refractivity contribution in [3.05, 3.63) is 29.8 Å². The molecule has 0 saturated carbocycles. The van der Waals surface area contributed by atoms with Gasteiger partial charge in [0, 0.05) is 0 Å². The van der Waals surface area contributed by atoms with Crippen LogP contribution in [0.3, 0.4) is 0 Å². The summed E-state index contributed by atoms with van der Waals surface area (Å²) in [5.41, 5.74) is 6.76. The molecule has 3 N–H and O–H groups in total. The number of hydrogen-bond donors (Lipinski definition) is 2. The fourth-order valence-corrected chi connectivity index (χ4v) is 1.39. The van der Waals surface area contributed by atoms with Gasteiger partial charge in [0.25, 0.3) is 0 Å². The second-order valence-corrected chi connectivity index (χ2v) is 4.64. The highest BCUT2D eigenvalue weighted by Crippen LogP contribution is 2.27. The molecule has 0 aromatic heterocycles. The van der Waals surface area contributed by atoms with Gasteiger partial charge in [0.1, 0.15) is 12.4 Å². The Labute approximate surface area is 102 Å². The lowest BCUT2D eigenvalue weighted by Crippen LogP contribution is -2.21. The van der Waals surface area contributed by atoms with E-state index in [9.17, 15) is 0 Å². The molecule has 0 saturated heterocycles. The topological polar surface area (TPSA) is 67.8 Å². The van der Waals surface area contributed by atoms with Crippen molar-refractivity contribution in [2.24, 2.45) is 10.9 Å². The van der Waals surface area contributed by atoms with Gasteiger partial charge in [-0.3, -0.25) is 0 Å². The van der Waals surface area contributed by atoms with E-state index < -0.39 is 0 Å². The summed E-state index contributed by atoms with van der Waals surface area (Å²) >= 11 is 0. The second kappa shape index (κ2) is 5.57. The number of nitrogens with zero attached hydrogens (tertiary/aromatic N) is 1. The molecule has 0 atom stereocenters. The Hall–Kier alpha value is -1.71. The first kappa shape index (κ1) is 13.4. The first-order valence-electron chi connectivity index (χ1n) is 5.69. The number of ether oxygens (including phenoxy) is 1. The molecule has 0 aliphatic heterocycles. The fourth-order valence-electron chi connectivity index (χ4n) is 1.39. The van der Waals surface area contributed by atoms with Crippen molar-refractivity contribution in [3.63, 3.8) is 0 Å². The van der Waals surface area contributed by atoms with Gasteiger partial charge in [0.05, 0.1) is 0 Å². The summed E-state index contributed by atoms with van der Waals surface area (Å²) in [7, 11) is 0. The predicted molar refractivity (Wildman–Crippen MR) is 68.7 cm³/mol. The summed E-state index contributed by atoms with van der Waals surface area (Å²) in [4.78, 5) is 0. The SMILES string of the molecule is CCC(C)(C)c1ccc(OC/C(N)=N/O)cc1. The standard InChI is InChI=1S/C13H20N2O2/c1-4-13(2,3)10-5-7-11(8-6-10)17-9-12(14)15-16/h5-8,16H,4,9H2,1-3H3,(H2,14,15). The Bertz CT molecular complexity index is 383. The molecule has 1 rings (SSSR count). The molecule has 0 fully saturated rings. The Morgan fingerprint density at radius 1 is 1.35 bits per heavy atom. The van der Waals surface area contributed by atoms with E-state index in [2.05, 4.69) is 25.9 Å². The van der Waals surface area contributed by atoms with Gasteiger partial charge in [-0.05, 0) is 29.5 Å². The van der Waals surface area contributed by atoms with Crippen LogP contribution in [0, 0.1) is 0 Å². The summed E-state index contributed by atoms with van der Waals surface area (Å²) in [6.45, 7) is 6.67. The Morgan fingerprint density at radius 2 is 1.94 bits per heavy atom. The first-order valence-corrected chi connectivity index (χ1v) is 5.69. The van der Waals surface area contributed by atoms with E-state index in [1.165, 1.54) is 5.56 Å². The maximum Gasteiger partial charge on any atom is 0.177 e. The zero-order chi connectivity index (χ0) is 12.9. The van der Waals surface area contributed by atoms with Crippen LogP contribution < -0.4 is 10.5 Å². The normalized spacial score (nSPS) is 12.5. The molecule has 0 radical (unpaired) electrons. The highest BCUT2D eigenvalue weighted by atomic mass is 16.5. The van der Waals surface area contributed by atoms with Crippen LogP contribution in [0.5, 0.6) is 5.75 Å². The zero-order valence-corrected chi connectivity index (χ0v) is 10.6. The number of nitrogens with two attached hydrogens (primary N) is 1. The van der Waals surface area contributed by atoms with E-state index in [4.69, 9.17) is 15.7 Å². The third-order valence-corrected chi connectivity index (χ3v) is 3.03. The molecule has 17 heavy (non-hydrogen) atoms. The highest BCUT2D eigenvalue weighted by molar-refractivity contribution is 5.81. The summed E-state index contributed by atoms with van der Waals surface area (Å²) in [5, 5.41) is 11.2. The van der Waals surface area contributed by atoms with Gasteiger partial charge in [-0.2, -0.15) is 0 Å². The van der Waals surface area contributed by atoms with Crippen LogP contribution in [0.4, 0.5) is 0 Å². The van der Waals surface area contributed by atoms with Crippen LogP contribution in [-0.2, 0) is 5.41 Å². The van der Waals surface area contributed by atoms with Gasteiger partial charge in [0.15, 0.2) is 5.84 Å². The van der Waals surface area contributed by atoms with Crippen molar-refractivity contribution in [3.8, 4) is 5.75 Å². The molecule has 4 nitrogen and oxygen atoms in total. The molecule has 0 unspecified atom stereocenters. The minimum Gasteiger partial charge on any atom is -0.486 e. The van der Waals surface area contributed by atoms with Crippen LogP contribution in [0.1, 0.15) is 32.8 Å². The Balaban J connectivity index is 2.69. The molecule has 0 aliphatic rings. The van der Waals surface area contributed by atoms with E-state index in [0.29, 0.717) is 5.75 Å². The van der Waals surface area contributed by atoms with Crippen molar-refractivity contribution in [1.29, 1.82) is 0 Å².